The lowest BCUT2D eigenvalue weighted by Crippen LogP contribution is -2.31. The summed E-state index contributed by atoms with van der Waals surface area (Å²) in [6.07, 6.45) is 1.27. The Morgan fingerprint density at radius 2 is 1.86 bits per heavy atom. The predicted octanol–water partition coefficient (Wildman–Crippen LogP) is 2.51. The van der Waals surface area contributed by atoms with Crippen LogP contribution < -0.4 is 16.6 Å². The summed E-state index contributed by atoms with van der Waals surface area (Å²) in [5, 5.41) is 3.46. The molecule has 144 valence electrons. The first-order valence-electron chi connectivity index (χ1n) is 8.45. The van der Waals surface area contributed by atoms with Crippen molar-refractivity contribution in [3.05, 3.63) is 76.2 Å². The van der Waals surface area contributed by atoms with Crippen molar-refractivity contribution in [2.24, 2.45) is 5.73 Å². The van der Waals surface area contributed by atoms with Gasteiger partial charge in [-0.15, -0.1) is 0 Å². The van der Waals surface area contributed by atoms with Gasteiger partial charge in [-0.25, -0.2) is 8.78 Å². The first-order valence-corrected chi connectivity index (χ1v) is 8.45. The fourth-order valence-electron chi connectivity index (χ4n) is 2.87. The first kappa shape index (κ1) is 19.2. The summed E-state index contributed by atoms with van der Waals surface area (Å²) < 4.78 is 27.5. The highest BCUT2D eigenvalue weighted by Gasteiger charge is 2.15. The molecule has 1 aromatic heterocycles. The van der Waals surface area contributed by atoms with Crippen molar-refractivity contribution >= 4 is 28.3 Å². The van der Waals surface area contributed by atoms with E-state index in [4.69, 9.17) is 5.73 Å². The maximum atomic E-state index is 13.3. The highest BCUT2D eigenvalue weighted by Crippen LogP contribution is 2.22. The second kappa shape index (κ2) is 7.59. The van der Waals surface area contributed by atoms with Crippen LogP contribution in [-0.2, 0) is 16.0 Å². The van der Waals surface area contributed by atoms with Gasteiger partial charge in [-0.05, 0) is 42.8 Å². The zero-order valence-corrected chi connectivity index (χ0v) is 14.9. The highest BCUT2D eigenvalue weighted by atomic mass is 19.2. The zero-order valence-electron chi connectivity index (χ0n) is 14.9. The third-order valence-electron chi connectivity index (χ3n) is 4.42. The molecule has 0 bridgehead atoms. The quantitative estimate of drug-likeness (QED) is 0.707. The number of nitrogens with zero attached hydrogens (tertiary/aromatic N) is 1. The Morgan fingerprint density at radius 3 is 2.54 bits per heavy atom. The SMILES string of the molecule is CC(C(N)=O)n1ccc2c(NC(=O)Cc3ccc(F)c(F)c3)cccc2c1=O. The molecule has 0 saturated carbocycles. The molecule has 0 aliphatic heterocycles. The largest absolute Gasteiger partial charge is 0.368 e. The van der Waals surface area contributed by atoms with Crippen LogP contribution in [0.3, 0.4) is 0 Å². The van der Waals surface area contributed by atoms with Crippen LogP contribution in [0.25, 0.3) is 10.8 Å². The molecule has 3 rings (SSSR count). The van der Waals surface area contributed by atoms with E-state index in [1.54, 1.807) is 24.3 Å². The van der Waals surface area contributed by atoms with Crippen molar-refractivity contribution < 1.29 is 18.4 Å². The Hall–Kier alpha value is -3.55. The molecule has 2 amide bonds. The van der Waals surface area contributed by atoms with Gasteiger partial charge < -0.3 is 15.6 Å². The van der Waals surface area contributed by atoms with E-state index in [0.717, 1.165) is 12.1 Å². The molecule has 0 saturated heterocycles. The van der Waals surface area contributed by atoms with Crippen LogP contribution in [0.2, 0.25) is 0 Å². The Labute approximate surface area is 158 Å². The second-order valence-electron chi connectivity index (χ2n) is 6.35. The van der Waals surface area contributed by atoms with Crippen molar-refractivity contribution in [3.8, 4) is 0 Å². The minimum absolute atomic E-state index is 0.163. The smallest absolute Gasteiger partial charge is 0.259 e. The van der Waals surface area contributed by atoms with E-state index in [1.807, 2.05) is 0 Å². The summed E-state index contributed by atoms with van der Waals surface area (Å²) in [5.41, 5.74) is 5.55. The lowest BCUT2D eigenvalue weighted by molar-refractivity contribution is -0.120. The molecule has 3 N–H and O–H groups in total. The maximum absolute atomic E-state index is 13.3. The molecule has 0 radical (unpaired) electrons. The van der Waals surface area contributed by atoms with Crippen molar-refractivity contribution in [1.29, 1.82) is 0 Å². The molecule has 0 aliphatic carbocycles. The van der Waals surface area contributed by atoms with Gasteiger partial charge in [-0.1, -0.05) is 12.1 Å². The fraction of sp³-hybridized carbons (Fsp3) is 0.150. The van der Waals surface area contributed by atoms with Crippen LogP contribution in [0, 0.1) is 11.6 Å². The average Bonchev–Trinajstić information content (AvgIpc) is 2.65. The van der Waals surface area contributed by atoms with E-state index in [1.165, 1.54) is 23.8 Å². The average molecular weight is 385 g/mol. The number of aromatic nitrogens is 1. The second-order valence-corrected chi connectivity index (χ2v) is 6.35. The van der Waals surface area contributed by atoms with Crippen LogP contribution >= 0.6 is 0 Å². The number of carbonyl (C=O) groups excluding carboxylic acids is 2. The van der Waals surface area contributed by atoms with Gasteiger partial charge in [0.2, 0.25) is 11.8 Å². The van der Waals surface area contributed by atoms with Gasteiger partial charge in [0, 0.05) is 22.7 Å². The molecule has 0 aliphatic rings. The Kier molecular flexibility index (Phi) is 5.21. The van der Waals surface area contributed by atoms with E-state index < -0.39 is 35.0 Å². The molecule has 1 unspecified atom stereocenters. The van der Waals surface area contributed by atoms with Crippen molar-refractivity contribution in [1.82, 2.24) is 4.57 Å². The summed E-state index contributed by atoms with van der Waals surface area (Å²) in [7, 11) is 0. The number of hydrogen-bond donors (Lipinski definition) is 2. The molecule has 8 heteroatoms. The Bertz CT molecular complexity index is 1140. The van der Waals surface area contributed by atoms with E-state index in [0.29, 0.717) is 22.0 Å². The van der Waals surface area contributed by atoms with Crippen molar-refractivity contribution in [2.75, 3.05) is 5.32 Å². The van der Waals surface area contributed by atoms with Crippen LogP contribution in [0.15, 0.2) is 53.5 Å². The number of carbonyl (C=O) groups is 2. The minimum atomic E-state index is -1.03. The van der Waals surface area contributed by atoms with Crippen LogP contribution in [0.1, 0.15) is 18.5 Å². The van der Waals surface area contributed by atoms with Gasteiger partial charge in [0.05, 0.1) is 6.42 Å². The summed E-state index contributed by atoms with van der Waals surface area (Å²) >= 11 is 0. The zero-order chi connectivity index (χ0) is 20.4. The number of anilines is 1. The van der Waals surface area contributed by atoms with E-state index in [2.05, 4.69) is 5.32 Å². The number of nitrogens with two attached hydrogens (primary N) is 1. The number of rotatable bonds is 5. The number of benzene rings is 2. The number of primary amides is 1. The summed E-state index contributed by atoms with van der Waals surface area (Å²) in [6.45, 7) is 1.52. The molecule has 0 spiro atoms. The van der Waals surface area contributed by atoms with Gasteiger partial charge in [0.1, 0.15) is 6.04 Å². The maximum Gasteiger partial charge on any atom is 0.259 e. The van der Waals surface area contributed by atoms with Crippen molar-refractivity contribution in [2.45, 2.75) is 19.4 Å². The lowest BCUT2D eigenvalue weighted by Gasteiger charge is -2.14. The van der Waals surface area contributed by atoms with Gasteiger partial charge >= 0.3 is 0 Å². The number of nitrogens with one attached hydrogen (secondary N) is 1. The molecule has 28 heavy (non-hydrogen) atoms. The van der Waals surface area contributed by atoms with Crippen LogP contribution in [0.4, 0.5) is 14.5 Å². The Morgan fingerprint density at radius 1 is 1.11 bits per heavy atom. The topological polar surface area (TPSA) is 94.2 Å². The van der Waals surface area contributed by atoms with E-state index >= 15 is 0 Å². The van der Waals surface area contributed by atoms with Gasteiger partial charge in [0.25, 0.3) is 5.56 Å². The third kappa shape index (κ3) is 3.75. The summed E-state index contributed by atoms with van der Waals surface area (Å²) in [6, 6.07) is 8.81. The molecule has 6 nitrogen and oxygen atoms in total. The van der Waals surface area contributed by atoms with Crippen LogP contribution in [0.5, 0.6) is 0 Å². The monoisotopic (exact) mass is 385 g/mol. The molecule has 0 fully saturated rings. The van der Waals surface area contributed by atoms with E-state index in [9.17, 15) is 23.2 Å². The lowest BCUT2D eigenvalue weighted by atomic mass is 10.1. The number of amides is 2. The number of pyridine rings is 1. The molecule has 2 aromatic carbocycles. The molecule has 1 heterocycles. The molecular weight excluding hydrogens is 368 g/mol. The molecular formula is C20H17F2N3O3. The van der Waals surface area contributed by atoms with E-state index in [-0.39, 0.29) is 6.42 Å². The van der Waals surface area contributed by atoms with Gasteiger partial charge in [-0.2, -0.15) is 0 Å². The normalized spacial score (nSPS) is 12.0. The summed E-state index contributed by atoms with van der Waals surface area (Å²) in [4.78, 5) is 36.3. The first-order chi connectivity index (χ1) is 13.3. The Balaban J connectivity index is 1.90. The van der Waals surface area contributed by atoms with Crippen LogP contribution in [-0.4, -0.2) is 16.4 Å². The predicted molar refractivity (Wildman–Crippen MR) is 101 cm³/mol. The third-order valence-corrected chi connectivity index (χ3v) is 4.42. The summed E-state index contributed by atoms with van der Waals surface area (Å²) in [5.74, 6) is -3.11. The molecule has 1 atom stereocenters. The highest BCUT2D eigenvalue weighted by molar-refractivity contribution is 6.02. The number of hydrogen-bond acceptors (Lipinski definition) is 3. The fourth-order valence-corrected chi connectivity index (χ4v) is 2.87. The minimum Gasteiger partial charge on any atom is -0.368 e. The standard InChI is InChI=1S/C20H17F2N3O3/c1-11(19(23)27)25-8-7-13-14(20(25)28)3-2-4-17(13)24-18(26)10-12-5-6-15(21)16(22)9-12/h2-9,11H,10H2,1H3,(H2,23,27)(H,24,26). The number of halogens is 2. The van der Waals surface area contributed by atoms with Crippen molar-refractivity contribution in [3.63, 3.8) is 0 Å². The van der Waals surface area contributed by atoms with Gasteiger partial charge in [-0.3, -0.25) is 14.4 Å². The number of fused-ring (bicyclic) bond motifs is 1. The van der Waals surface area contributed by atoms with Gasteiger partial charge in [0.15, 0.2) is 11.6 Å². The molecule has 3 aromatic rings.